The van der Waals surface area contributed by atoms with Gasteiger partial charge in [-0.15, -0.1) is 11.3 Å². The second-order valence-electron chi connectivity index (χ2n) is 5.46. The molecule has 0 aliphatic heterocycles. The average Bonchev–Trinajstić information content (AvgIpc) is 3.13. The van der Waals surface area contributed by atoms with Gasteiger partial charge in [0.15, 0.2) is 10.8 Å². The van der Waals surface area contributed by atoms with Crippen molar-refractivity contribution in [3.63, 3.8) is 0 Å². The minimum absolute atomic E-state index is 0.0262. The number of hydrogen-bond acceptors (Lipinski definition) is 6. The van der Waals surface area contributed by atoms with Crippen LogP contribution >= 0.6 is 11.3 Å². The number of hydrogen-bond donors (Lipinski definition) is 0. The summed E-state index contributed by atoms with van der Waals surface area (Å²) in [5, 5.41) is 5.86. The Balaban J connectivity index is 1.62. The molecule has 0 bridgehead atoms. The first kappa shape index (κ1) is 14.7. The molecule has 0 atom stereocenters. The van der Waals surface area contributed by atoms with Crippen molar-refractivity contribution in [2.75, 3.05) is 7.05 Å². The molecule has 3 aromatic rings. The lowest BCUT2D eigenvalue weighted by Crippen LogP contribution is -2.28. The van der Waals surface area contributed by atoms with Crippen LogP contribution in [0, 0.1) is 0 Å². The van der Waals surface area contributed by atoms with E-state index in [9.17, 15) is 4.79 Å². The summed E-state index contributed by atoms with van der Waals surface area (Å²) < 4.78 is 7.06. The van der Waals surface area contributed by atoms with Crippen LogP contribution in [0.15, 0.2) is 22.3 Å². The second kappa shape index (κ2) is 5.88. The Morgan fingerprint density at radius 1 is 1.45 bits per heavy atom. The highest BCUT2D eigenvalue weighted by Crippen LogP contribution is 2.14. The van der Waals surface area contributed by atoms with Crippen LogP contribution in [0.4, 0.5) is 0 Å². The topological polar surface area (TPSA) is 76.5 Å². The molecule has 1 amide bonds. The third-order valence-corrected chi connectivity index (χ3v) is 4.03. The van der Waals surface area contributed by atoms with Crippen LogP contribution in [-0.2, 0) is 17.8 Å². The number of likely N-dealkylation sites (N-methyl/N-ethyl adjacent to an activating group) is 1. The molecule has 0 spiro atoms. The molecule has 3 heterocycles. The number of fused-ring (bicyclic) bond motifs is 1. The van der Waals surface area contributed by atoms with Gasteiger partial charge in [0, 0.05) is 30.7 Å². The zero-order valence-corrected chi connectivity index (χ0v) is 13.5. The first-order valence-electron chi connectivity index (χ1n) is 7.00. The lowest BCUT2D eigenvalue weighted by Gasteiger charge is -2.13. The summed E-state index contributed by atoms with van der Waals surface area (Å²) >= 11 is 1.55. The van der Waals surface area contributed by atoms with Crippen molar-refractivity contribution in [2.45, 2.75) is 32.7 Å². The van der Waals surface area contributed by atoms with Crippen molar-refractivity contribution in [3.8, 4) is 0 Å². The van der Waals surface area contributed by atoms with Crippen LogP contribution in [0.2, 0.25) is 0 Å². The molecular formula is C14H17N5O2S. The fraction of sp³-hybridized carbons (Fsp3) is 0.429. The normalized spacial score (nSPS) is 11.5. The van der Waals surface area contributed by atoms with Crippen LogP contribution in [0.25, 0.3) is 4.96 Å². The minimum Gasteiger partial charge on any atom is -0.339 e. The number of rotatable bonds is 5. The van der Waals surface area contributed by atoms with Gasteiger partial charge in [0.2, 0.25) is 11.8 Å². The smallest absolute Gasteiger partial charge is 0.229 e. The maximum atomic E-state index is 12.3. The first-order chi connectivity index (χ1) is 10.5. The summed E-state index contributed by atoms with van der Waals surface area (Å²) in [6.45, 7) is 4.30. The van der Waals surface area contributed by atoms with Crippen molar-refractivity contribution in [1.29, 1.82) is 0 Å². The Morgan fingerprint density at radius 2 is 2.27 bits per heavy atom. The van der Waals surface area contributed by atoms with Gasteiger partial charge in [-0.1, -0.05) is 19.0 Å². The summed E-state index contributed by atoms with van der Waals surface area (Å²) in [5.74, 6) is 1.26. The summed E-state index contributed by atoms with van der Waals surface area (Å²) in [4.78, 5) is 23.4. The Labute approximate surface area is 131 Å². The van der Waals surface area contributed by atoms with Gasteiger partial charge < -0.3 is 9.42 Å². The van der Waals surface area contributed by atoms with Crippen LogP contribution in [0.5, 0.6) is 0 Å². The molecule has 0 saturated carbocycles. The highest BCUT2D eigenvalue weighted by atomic mass is 32.1. The largest absolute Gasteiger partial charge is 0.339 e. The van der Waals surface area contributed by atoms with Crippen molar-refractivity contribution >= 4 is 22.2 Å². The molecule has 0 fully saturated rings. The molecule has 0 N–H and O–H groups in total. The highest BCUT2D eigenvalue weighted by Gasteiger charge is 2.16. The van der Waals surface area contributed by atoms with Gasteiger partial charge in [-0.2, -0.15) is 4.98 Å². The zero-order valence-electron chi connectivity index (χ0n) is 12.7. The number of carbonyl (C=O) groups is 1. The van der Waals surface area contributed by atoms with Gasteiger partial charge in [0.1, 0.15) is 0 Å². The zero-order chi connectivity index (χ0) is 15.7. The summed E-state index contributed by atoms with van der Waals surface area (Å²) in [6, 6.07) is 0. The number of thiazole rings is 1. The van der Waals surface area contributed by atoms with Crippen molar-refractivity contribution < 1.29 is 9.32 Å². The molecule has 0 unspecified atom stereocenters. The fourth-order valence-electron chi connectivity index (χ4n) is 2.02. The van der Waals surface area contributed by atoms with Gasteiger partial charge in [-0.25, -0.2) is 4.98 Å². The number of carbonyl (C=O) groups excluding carboxylic acids is 1. The Bertz CT molecular complexity index is 759. The van der Waals surface area contributed by atoms with E-state index < -0.39 is 0 Å². The third-order valence-electron chi connectivity index (χ3n) is 3.26. The molecule has 8 heteroatoms. The van der Waals surface area contributed by atoms with Gasteiger partial charge in [-0.3, -0.25) is 9.20 Å². The van der Waals surface area contributed by atoms with E-state index in [1.54, 1.807) is 23.3 Å². The lowest BCUT2D eigenvalue weighted by molar-refractivity contribution is -0.129. The summed E-state index contributed by atoms with van der Waals surface area (Å²) in [5.41, 5.74) is 0.764. The predicted octanol–water partition coefficient (Wildman–Crippen LogP) is 2.10. The van der Waals surface area contributed by atoms with Crippen molar-refractivity contribution in [1.82, 2.24) is 24.4 Å². The maximum absolute atomic E-state index is 12.3. The number of aromatic nitrogens is 4. The number of amides is 1. The quantitative estimate of drug-likeness (QED) is 0.720. The summed E-state index contributed by atoms with van der Waals surface area (Å²) in [6.07, 6.45) is 4.07. The molecule has 3 rings (SSSR count). The fourth-order valence-corrected chi connectivity index (χ4v) is 2.74. The van der Waals surface area contributed by atoms with Crippen LogP contribution in [0.3, 0.4) is 0 Å². The predicted molar refractivity (Wildman–Crippen MR) is 81.6 cm³/mol. The molecule has 0 radical (unpaired) electrons. The van der Waals surface area contributed by atoms with E-state index in [0.29, 0.717) is 18.3 Å². The SMILES string of the molecule is CC(C)c1nc(CN(C)C(=O)Cc2cn3ccsc3n2)no1. The molecule has 0 aromatic carbocycles. The van der Waals surface area contributed by atoms with Crippen LogP contribution in [0.1, 0.15) is 37.2 Å². The lowest BCUT2D eigenvalue weighted by atomic mass is 10.2. The van der Waals surface area contributed by atoms with Crippen LogP contribution < -0.4 is 0 Å². The highest BCUT2D eigenvalue weighted by molar-refractivity contribution is 7.15. The Morgan fingerprint density at radius 3 is 2.95 bits per heavy atom. The monoisotopic (exact) mass is 319 g/mol. The Hall–Kier alpha value is -2.22. The van der Waals surface area contributed by atoms with Gasteiger partial charge >= 0.3 is 0 Å². The van der Waals surface area contributed by atoms with Gasteiger partial charge in [0.25, 0.3) is 0 Å². The Kier molecular flexibility index (Phi) is 3.93. The van der Waals surface area contributed by atoms with Crippen LogP contribution in [-0.4, -0.2) is 37.4 Å². The first-order valence-corrected chi connectivity index (χ1v) is 7.88. The van der Waals surface area contributed by atoms with E-state index in [-0.39, 0.29) is 18.2 Å². The van der Waals surface area contributed by atoms with E-state index in [4.69, 9.17) is 4.52 Å². The van der Waals surface area contributed by atoms with E-state index in [2.05, 4.69) is 15.1 Å². The molecule has 0 aliphatic carbocycles. The summed E-state index contributed by atoms with van der Waals surface area (Å²) in [7, 11) is 1.73. The number of nitrogens with zero attached hydrogens (tertiary/aromatic N) is 5. The molecule has 0 saturated heterocycles. The number of imidazole rings is 1. The average molecular weight is 319 g/mol. The molecule has 116 valence electrons. The van der Waals surface area contributed by atoms with E-state index in [1.165, 1.54) is 0 Å². The molecule has 7 nitrogen and oxygen atoms in total. The van der Waals surface area contributed by atoms with Gasteiger partial charge in [0.05, 0.1) is 18.7 Å². The second-order valence-corrected chi connectivity index (χ2v) is 6.33. The standard InChI is InChI=1S/C14H17N5O2S/c1-9(2)13-16-11(17-21-13)8-18(3)12(20)6-10-7-19-4-5-22-14(19)15-10/h4-5,7,9H,6,8H2,1-3H3. The third kappa shape index (κ3) is 3.01. The molecule has 22 heavy (non-hydrogen) atoms. The van der Waals surface area contributed by atoms with E-state index >= 15 is 0 Å². The maximum Gasteiger partial charge on any atom is 0.229 e. The van der Waals surface area contributed by atoms with Gasteiger partial charge in [-0.05, 0) is 0 Å². The minimum atomic E-state index is -0.0262. The van der Waals surface area contributed by atoms with Crippen molar-refractivity contribution in [3.05, 3.63) is 35.2 Å². The molecule has 3 aromatic heterocycles. The van der Waals surface area contributed by atoms with E-state index in [1.807, 2.05) is 36.0 Å². The van der Waals surface area contributed by atoms with Crippen molar-refractivity contribution in [2.24, 2.45) is 0 Å². The molecule has 0 aliphatic rings. The van der Waals surface area contributed by atoms with E-state index in [0.717, 1.165) is 10.7 Å². The molecular weight excluding hydrogens is 302 g/mol.